The van der Waals surface area contributed by atoms with E-state index in [1.165, 1.54) is 18.4 Å². The predicted molar refractivity (Wildman–Crippen MR) is 91.0 cm³/mol. The molecule has 0 aliphatic carbocycles. The molecule has 0 fully saturated rings. The number of aryl methyl sites for hydroxylation is 1. The maximum atomic E-state index is 13.0. The van der Waals surface area contributed by atoms with Crippen molar-refractivity contribution in [2.24, 2.45) is 0 Å². The molecule has 2 rings (SSSR count). The van der Waals surface area contributed by atoms with E-state index in [-0.39, 0.29) is 16.6 Å². The zero-order valence-electron chi connectivity index (χ0n) is 13.5. The molecule has 1 amide bonds. The van der Waals surface area contributed by atoms with Gasteiger partial charge in [0.15, 0.2) is 9.84 Å². The number of carbonyl (C=O) groups is 1. The molecule has 0 aliphatic heterocycles. The van der Waals surface area contributed by atoms with Crippen molar-refractivity contribution < 1.29 is 17.6 Å². The fourth-order valence-corrected chi connectivity index (χ4v) is 2.92. The number of carbonyl (C=O) groups excluding carboxylic acids is 1. The summed E-state index contributed by atoms with van der Waals surface area (Å²) in [6.07, 6.45) is 2.58. The van der Waals surface area contributed by atoms with E-state index in [0.29, 0.717) is 25.8 Å². The number of benzene rings is 2. The monoisotopic (exact) mass is 349 g/mol. The molecule has 4 nitrogen and oxygen atoms in total. The first kappa shape index (κ1) is 18.1. The van der Waals surface area contributed by atoms with E-state index >= 15 is 0 Å². The number of sulfone groups is 1. The number of nitrogens with one attached hydrogen (secondary N) is 1. The van der Waals surface area contributed by atoms with Gasteiger partial charge in [-0.25, -0.2) is 12.8 Å². The van der Waals surface area contributed by atoms with Gasteiger partial charge in [0.1, 0.15) is 5.82 Å². The van der Waals surface area contributed by atoms with Gasteiger partial charge in [0.2, 0.25) is 5.91 Å². The number of halogens is 1. The van der Waals surface area contributed by atoms with Crippen LogP contribution in [0.2, 0.25) is 0 Å². The van der Waals surface area contributed by atoms with Crippen molar-refractivity contribution in [2.75, 3.05) is 12.8 Å². The van der Waals surface area contributed by atoms with Crippen LogP contribution in [0.15, 0.2) is 53.4 Å². The summed E-state index contributed by atoms with van der Waals surface area (Å²) in [5, 5.41) is 2.81. The molecule has 1 N–H and O–H groups in total. The Morgan fingerprint density at radius 3 is 2.38 bits per heavy atom. The van der Waals surface area contributed by atoms with Crippen molar-refractivity contribution in [1.82, 2.24) is 5.32 Å². The van der Waals surface area contributed by atoms with Gasteiger partial charge in [-0.3, -0.25) is 4.79 Å². The molecule has 0 saturated heterocycles. The second kappa shape index (κ2) is 8.06. The lowest BCUT2D eigenvalue weighted by Gasteiger charge is -2.06. The molecule has 0 aliphatic rings. The van der Waals surface area contributed by atoms with Gasteiger partial charge < -0.3 is 5.32 Å². The third kappa shape index (κ3) is 5.77. The average Bonchev–Trinajstić information content (AvgIpc) is 2.53. The summed E-state index contributed by atoms with van der Waals surface area (Å²) in [4.78, 5) is 12.1. The van der Waals surface area contributed by atoms with E-state index in [1.54, 1.807) is 36.4 Å². The zero-order valence-corrected chi connectivity index (χ0v) is 14.3. The number of amides is 1. The van der Waals surface area contributed by atoms with E-state index in [4.69, 9.17) is 0 Å². The van der Waals surface area contributed by atoms with E-state index < -0.39 is 9.84 Å². The van der Waals surface area contributed by atoms with Gasteiger partial charge in [-0.2, -0.15) is 0 Å². The van der Waals surface area contributed by atoms with Crippen LogP contribution in [-0.4, -0.2) is 27.1 Å². The Morgan fingerprint density at radius 1 is 1.04 bits per heavy atom. The maximum Gasteiger partial charge on any atom is 0.220 e. The van der Waals surface area contributed by atoms with E-state index in [1.807, 2.05) is 0 Å². The average molecular weight is 349 g/mol. The summed E-state index contributed by atoms with van der Waals surface area (Å²) >= 11 is 0. The summed E-state index contributed by atoms with van der Waals surface area (Å²) in [6, 6.07) is 12.8. The van der Waals surface area contributed by atoms with Crippen LogP contribution in [0, 0.1) is 5.82 Å². The maximum absolute atomic E-state index is 13.0. The molecule has 0 unspecified atom stereocenters. The Hall–Kier alpha value is -2.21. The molecule has 0 atom stereocenters. The number of hydrogen-bond acceptors (Lipinski definition) is 3. The summed E-state index contributed by atoms with van der Waals surface area (Å²) in [5.41, 5.74) is 1.74. The lowest BCUT2D eigenvalue weighted by molar-refractivity contribution is -0.121. The van der Waals surface area contributed by atoms with Gasteiger partial charge in [0.05, 0.1) is 4.90 Å². The first-order valence-electron chi connectivity index (χ1n) is 7.65. The molecule has 0 aromatic heterocycles. The third-order valence-corrected chi connectivity index (χ3v) is 4.75. The normalized spacial score (nSPS) is 11.2. The Kier molecular flexibility index (Phi) is 6.09. The first-order valence-corrected chi connectivity index (χ1v) is 9.54. The molecule has 0 radical (unpaired) electrons. The van der Waals surface area contributed by atoms with Crippen LogP contribution in [0.3, 0.4) is 0 Å². The molecule has 128 valence electrons. The fraction of sp³-hybridized carbons (Fsp3) is 0.278. The second-order valence-electron chi connectivity index (χ2n) is 5.65. The highest BCUT2D eigenvalue weighted by Gasteiger charge is 2.06. The SMILES string of the molecule is CS(=O)(=O)c1ccc(CCNC(=O)CCc2cccc(F)c2)cc1. The van der Waals surface area contributed by atoms with Crippen molar-refractivity contribution in [3.8, 4) is 0 Å². The van der Waals surface area contributed by atoms with Crippen LogP contribution in [-0.2, 0) is 27.5 Å². The lowest BCUT2D eigenvalue weighted by Crippen LogP contribution is -2.25. The Morgan fingerprint density at radius 2 is 1.75 bits per heavy atom. The summed E-state index contributed by atoms with van der Waals surface area (Å²) < 4.78 is 35.8. The Bertz CT molecular complexity index is 801. The van der Waals surface area contributed by atoms with Gasteiger partial charge in [0, 0.05) is 19.2 Å². The minimum absolute atomic E-state index is 0.0907. The van der Waals surface area contributed by atoms with E-state index in [9.17, 15) is 17.6 Å². The standard InChI is InChI=1S/C18H20FNO3S/c1-24(22,23)17-8-5-14(6-9-17)11-12-20-18(21)10-7-15-3-2-4-16(19)13-15/h2-6,8-9,13H,7,10-12H2,1H3,(H,20,21). The van der Waals surface area contributed by atoms with Crippen molar-refractivity contribution in [3.63, 3.8) is 0 Å². The highest BCUT2D eigenvalue weighted by molar-refractivity contribution is 7.90. The number of hydrogen-bond donors (Lipinski definition) is 1. The van der Waals surface area contributed by atoms with Gasteiger partial charge in [-0.15, -0.1) is 0 Å². The van der Waals surface area contributed by atoms with Crippen molar-refractivity contribution >= 4 is 15.7 Å². The van der Waals surface area contributed by atoms with Crippen molar-refractivity contribution in [1.29, 1.82) is 0 Å². The van der Waals surface area contributed by atoms with Gasteiger partial charge in [-0.1, -0.05) is 24.3 Å². The molecule has 0 bridgehead atoms. The Labute approximate surface area is 141 Å². The minimum atomic E-state index is -3.19. The number of rotatable bonds is 7. The van der Waals surface area contributed by atoms with E-state index in [2.05, 4.69) is 5.32 Å². The molecule has 24 heavy (non-hydrogen) atoms. The van der Waals surface area contributed by atoms with Crippen LogP contribution < -0.4 is 5.32 Å². The third-order valence-electron chi connectivity index (χ3n) is 3.62. The summed E-state index contributed by atoms with van der Waals surface area (Å²) in [5.74, 6) is -0.391. The quantitative estimate of drug-likeness (QED) is 0.835. The van der Waals surface area contributed by atoms with Crippen molar-refractivity contribution in [3.05, 3.63) is 65.5 Å². The molecule has 0 spiro atoms. The van der Waals surface area contributed by atoms with Crippen molar-refractivity contribution in [2.45, 2.75) is 24.2 Å². The topological polar surface area (TPSA) is 63.2 Å². The smallest absolute Gasteiger partial charge is 0.220 e. The lowest BCUT2D eigenvalue weighted by atomic mass is 10.1. The molecule has 2 aromatic carbocycles. The van der Waals surface area contributed by atoms with Gasteiger partial charge >= 0.3 is 0 Å². The molecular formula is C18H20FNO3S. The first-order chi connectivity index (χ1) is 11.3. The van der Waals surface area contributed by atoms with Gasteiger partial charge in [0.25, 0.3) is 0 Å². The zero-order chi connectivity index (χ0) is 17.6. The summed E-state index contributed by atoms with van der Waals surface area (Å²) in [6.45, 7) is 0.472. The van der Waals surface area contributed by atoms with Crippen LogP contribution in [0.5, 0.6) is 0 Å². The molecule has 0 saturated carbocycles. The fourth-order valence-electron chi connectivity index (χ4n) is 2.29. The summed E-state index contributed by atoms with van der Waals surface area (Å²) in [7, 11) is -3.19. The molecule has 6 heteroatoms. The molecule has 0 heterocycles. The Balaban J connectivity index is 1.74. The van der Waals surface area contributed by atoms with E-state index in [0.717, 1.165) is 11.1 Å². The van der Waals surface area contributed by atoms with Crippen LogP contribution in [0.4, 0.5) is 4.39 Å². The second-order valence-corrected chi connectivity index (χ2v) is 7.66. The molecule has 2 aromatic rings. The highest BCUT2D eigenvalue weighted by Crippen LogP contribution is 2.10. The van der Waals surface area contributed by atoms with Crippen LogP contribution in [0.25, 0.3) is 0 Å². The predicted octanol–water partition coefficient (Wildman–Crippen LogP) is 2.52. The van der Waals surface area contributed by atoms with Crippen LogP contribution >= 0.6 is 0 Å². The highest BCUT2D eigenvalue weighted by atomic mass is 32.2. The minimum Gasteiger partial charge on any atom is -0.356 e. The van der Waals surface area contributed by atoms with Gasteiger partial charge in [-0.05, 0) is 48.2 Å². The molecular weight excluding hydrogens is 329 g/mol. The van der Waals surface area contributed by atoms with Crippen LogP contribution in [0.1, 0.15) is 17.5 Å². The largest absolute Gasteiger partial charge is 0.356 e.